The molecular formula is C11H9BrN2O2S. The number of rotatable bonds is 3. The van der Waals surface area contributed by atoms with Crippen LogP contribution in [0.2, 0.25) is 0 Å². The number of nitrogens with one attached hydrogen (secondary N) is 1. The number of ether oxygens (including phenoxy) is 1. The van der Waals surface area contributed by atoms with Crippen LogP contribution in [0.3, 0.4) is 0 Å². The number of nitrogens with zero attached hydrogens (tertiary/aromatic N) is 1. The lowest BCUT2D eigenvalue weighted by atomic mass is 10.2. The van der Waals surface area contributed by atoms with E-state index in [9.17, 15) is 4.79 Å². The van der Waals surface area contributed by atoms with Crippen molar-refractivity contribution in [2.75, 3.05) is 12.4 Å². The number of carbonyl (C=O) groups excluding carboxylic acids is 1. The quantitative estimate of drug-likeness (QED) is 0.947. The van der Waals surface area contributed by atoms with Crippen LogP contribution < -0.4 is 10.1 Å². The Bertz CT molecular complexity index is 528. The van der Waals surface area contributed by atoms with E-state index in [1.165, 1.54) is 11.3 Å². The topological polar surface area (TPSA) is 51.2 Å². The Hall–Kier alpha value is -1.40. The minimum absolute atomic E-state index is 0.217. The van der Waals surface area contributed by atoms with Gasteiger partial charge in [-0.1, -0.05) is 0 Å². The number of amides is 1. The summed E-state index contributed by atoms with van der Waals surface area (Å²) in [6.07, 6.45) is 1.64. The normalized spacial score (nSPS) is 10.0. The third kappa shape index (κ3) is 2.83. The van der Waals surface area contributed by atoms with Crippen LogP contribution in [0, 0.1) is 0 Å². The number of methoxy groups -OCH3 is 1. The summed E-state index contributed by atoms with van der Waals surface area (Å²) >= 11 is 4.70. The van der Waals surface area contributed by atoms with Crippen molar-refractivity contribution in [3.05, 3.63) is 39.8 Å². The number of thiazole rings is 1. The monoisotopic (exact) mass is 312 g/mol. The maximum atomic E-state index is 12.0. The molecule has 4 nitrogen and oxygen atoms in total. The van der Waals surface area contributed by atoms with Gasteiger partial charge in [-0.3, -0.25) is 10.1 Å². The van der Waals surface area contributed by atoms with Gasteiger partial charge in [0.15, 0.2) is 5.13 Å². The first-order valence-corrected chi connectivity index (χ1v) is 6.42. The molecule has 1 amide bonds. The van der Waals surface area contributed by atoms with Crippen LogP contribution in [0.15, 0.2) is 34.2 Å². The van der Waals surface area contributed by atoms with Gasteiger partial charge >= 0.3 is 0 Å². The maximum Gasteiger partial charge on any atom is 0.258 e. The summed E-state index contributed by atoms with van der Waals surface area (Å²) in [4.78, 5) is 16.0. The van der Waals surface area contributed by atoms with Crippen molar-refractivity contribution in [3.8, 4) is 5.75 Å². The molecule has 0 fully saturated rings. The Kier molecular flexibility index (Phi) is 3.75. The molecule has 0 saturated carbocycles. The van der Waals surface area contributed by atoms with Crippen LogP contribution in [0.4, 0.5) is 5.13 Å². The number of aromatic nitrogens is 1. The molecule has 1 heterocycles. The predicted molar refractivity (Wildman–Crippen MR) is 70.8 cm³/mol. The highest BCUT2D eigenvalue weighted by Crippen LogP contribution is 2.23. The lowest BCUT2D eigenvalue weighted by Crippen LogP contribution is -2.12. The van der Waals surface area contributed by atoms with Gasteiger partial charge in [-0.2, -0.15) is 0 Å². The van der Waals surface area contributed by atoms with Gasteiger partial charge in [-0.25, -0.2) is 4.98 Å². The molecule has 0 bridgehead atoms. The molecule has 0 unspecified atom stereocenters. The molecule has 0 aliphatic carbocycles. The van der Waals surface area contributed by atoms with Crippen molar-refractivity contribution < 1.29 is 9.53 Å². The van der Waals surface area contributed by atoms with Gasteiger partial charge in [0.2, 0.25) is 0 Å². The van der Waals surface area contributed by atoms with Gasteiger partial charge in [0.1, 0.15) is 5.75 Å². The molecule has 6 heteroatoms. The summed E-state index contributed by atoms with van der Waals surface area (Å²) in [5, 5.41) is 5.09. The minimum atomic E-state index is -0.217. The first-order chi connectivity index (χ1) is 8.20. The molecule has 0 aliphatic heterocycles. The number of hydrogen-bond acceptors (Lipinski definition) is 4. The highest BCUT2D eigenvalue weighted by atomic mass is 79.9. The van der Waals surface area contributed by atoms with E-state index >= 15 is 0 Å². The number of hydrogen-bond donors (Lipinski definition) is 1. The van der Waals surface area contributed by atoms with Gasteiger partial charge in [0.05, 0.1) is 12.7 Å². The average molecular weight is 313 g/mol. The maximum absolute atomic E-state index is 12.0. The van der Waals surface area contributed by atoms with Gasteiger partial charge in [0, 0.05) is 16.0 Å². The SMILES string of the molecule is COc1ccc(Br)c(C(=O)Nc2nccs2)c1. The smallest absolute Gasteiger partial charge is 0.258 e. The Labute approximate surface area is 111 Å². The fourth-order valence-electron chi connectivity index (χ4n) is 1.25. The van der Waals surface area contributed by atoms with Crippen molar-refractivity contribution in [1.29, 1.82) is 0 Å². The summed E-state index contributed by atoms with van der Waals surface area (Å²) in [5.74, 6) is 0.420. The lowest BCUT2D eigenvalue weighted by molar-refractivity contribution is 0.102. The first-order valence-electron chi connectivity index (χ1n) is 4.75. The molecular weight excluding hydrogens is 304 g/mol. The highest BCUT2D eigenvalue weighted by molar-refractivity contribution is 9.10. The van der Waals surface area contributed by atoms with E-state index in [4.69, 9.17) is 4.74 Å². The van der Waals surface area contributed by atoms with E-state index in [0.717, 1.165) is 0 Å². The second kappa shape index (κ2) is 5.29. The van der Waals surface area contributed by atoms with Crippen LogP contribution in [0.5, 0.6) is 5.75 Å². The summed E-state index contributed by atoms with van der Waals surface area (Å²) in [6, 6.07) is 5.23. The molecule has 0 saturated heterocycles. The molecule has 17 heavy (non-hydrogen) atoms. The second-order valence-corrected chi connectivity index (χ2v) is 4.89. The summed E-state index contributed by atoms with van der Waals surface area (Å²) < 4.78 is 5.80. The molecule has 2 aromatic rings. The van der Waals surface area contributed by atoms with Crippen molar-refractivity contribution in [2.24, 2.45) is 0 Å². The number of carbonyl (C=O) groups is 1. The lowest BCUT2D eigenvalue weighted by Gasteiger charge is -2.06. The Morgan fingerprint density at radius 3 is 3.00 bits per heavy atom. The molecule has 0 aliphatic rings. The summed E-state index contributed by atoms with van der Waals surface area (Å²) in [7, 11) is 1.56. The number of anilines is 1. The molecule has 0 atom stereocenters. The predicted octanol–water partition coefficient (Wildman–Crippen LogP) is 3.17. The highest BCUT2D eigenvalue weighted by Gasteiger charge is 2.12. The fraction of sp³-hybridized carbons (Fsp3) is 0.0909. The zero-order valence-electron chi connectivity index (χ0n) is 8.94. The third-order valence-electron chi connectivity index (χ3n) is 2.07. The van der Waals surface area contributed by atoms with Crippen molar-refractivity contribution in [2.45, 2.75) is 0 Å². The third-order valence-corrected chi connectivity index (χ3v) is 3.45. The first kappa shape index (κ1) is 12.1. The number of benzene rings is 1. The van der Waals surface area contributed by atoms with Crippen LogP contribution in [-0.4, -0.2) is 18.0 Å². The van der Waals surface area contributed by atoms with Crippen LogP contribution in [0.25, 0.3) is 0 Å². The van der Waals surface area contributed by atoms with E-state index in [1.807, 2.05) is 0 Å². The van der Waals surface area contributed by atoms with Crippen LogP contribution in [0.1, 0.15) is 10.4 Å². The van der Waals surface area contributed by atoms with E-state index in [0.29, 0.717) is 20.9 Å². The molecule has 88 valence electrons. The molecule has 0 radical (unpaired) electrons. The molecule has 0 spiro atoms. The summed E-state index contributed by atoms with van der Waals surface area (Å²) in [6.45, 7) is 0. The zero-order valence-corrected chi connectivity index (χ0v) is 11.3. The summed E-state index contributed by atoms with van der Waals surface area (Å²) in [5.41, 5.74) is 0.513. The average Bonchev–Trinajstić information content (AvgIpc) is 2.82. The Morgan fingerprint density at radius 1 is 1.53 bits per heavy atom. The Balaban J connectivity index is 2.24. The van der Waals surface area contributed by atoms with E-state index in [1.54, 1.807) is 36.9 Å². The van der Waals surface area contributed by atoms with Crippen molar-refractivity contribution in [1.82, 2.24) is 4.98 Å². The van der Waals surface area contributed by atoms with Crippen molar-refractivity contribution >= 4 is 38.3 Å². The number of halogens is 1. The fourth-order valence-corrected chi connectivity index (χ4v) is 2.21. The molecule has 2 rings (SSSR count). The van der Waals surface area contributed by atoms with E-state index in [2.05, 4.69) is 26.2 Å². The second-order valence-electron chi connectivity index (χ2n) is 3.14. The molecule has 1 aromatic carbocycles. The van der Waals surface area contributed by atoms with Gasteiger partial charge in [-0.05, 0) is 34.1 Å². The van der Waals surface area contributed by atoms with Gasteiger partial charge in [-0.15, -0.1) is 11.3 Å². The molecule has 1 N–H and O–H groups in total. The largest absolute Gasteiger partial charge is 0.497 e. The van der Waals surface area contributed by atoms with E-state index < -0.39 is 0 Å². The molecule has 1 aromatic heterocycles. The van der Waals surface area contributed by atoms with E-state index in [-0.39, 0.29) is 5.91 Å². The minimum Gasteiger partial charge on any atom is -0.497 e. The van der Waals surface area contributed by atoms with Crippen LogP contribution in [-0.2, 0) is 0 Å². The Morgan fingerprint density at radius 2 is 2.35 bits per heavy atom. The van der Waals surface area contributed by atoms with Crippen molar-refractivity contribution in [3.63, 3.8) is 0 Å². The van der Waals surface area contributed by atoms with Gasteiger partial charge < -0.3 is 4.74 Å². The zero-order chi connectivity index (χ0) is 12.3. The standard InChI is InChI=1S/C11H9BrN2O2S/c1-16-7-2-3-9(12)8(6-7)10(15)14-11-13-4-5-17-11/h2-6H,1H3,(H,13,14,15). The van der Waals surface area contributed by atoms with Crippen LogP contribution >= 0.6 is 27.3 Å². The van der Waals surface area contributed by atoms with Gasteiger partial charge in [0.25, 0.3) is 5.91 Å².